The molecule has 1 unspecified atom stereocenters. The van der Waals surface area contributed by atoms with Crippen molar-refractivity contribution in [2.45, 2.75) is 58.7 Å². The van der Waals surface area contributed by atoms with Crippen LogP contribution in [0.5, 0.6) is 0 Å². The molecule has 1 saturated heterocycles. The maximum absolute atomic E-state index is 12.6. The van der Waals surface area contributed by atoms with E-state index in [4.69, 9.17) is 0 Å². The lowest BCUT2D eigenvalue weighted by Gasteiger charge is -2.27. The zero-order chi connectivity index (χ0) is 12.4. The smallest absolute Gasteiger partial charge is 0.292 e. The van der Waals surface area contributed by atoms with Gasteiger partial charge in [0, 0.05) is 0 Å². The molecule has 16 heavy (non-hydrogen) atoms. The molecule has 0 amide bonds. The molecule has 1 aliphatic rings. The van der Waals surface area contributed by atoms with Gasteiger partial charge in [0.15, 0.2) is 0 Å². The minimum atomic E-state index is -4.04. The van der Waals surface area contributed by atoms with Crippen LogP contribution < -0.4 is 0 Å². The zero-order valence-corrected chi connectivity index (χ0v) is 10.4. The fourth-order valence-corrected chi connectivity index (χ4v) is 2.28. The van der Waals surface area contributed by atoms with Gasteiger partial charge in [-0.15, -0.1) is 0 Å². The maximum Gasteiger partial charge on any atom is 0.404 e. The second-order valence-corrected chi connectivity index (χ2v) is 5.90. The third-order valence-electron chi connectivity index (χ3n) is 3.11. The van der Waals surface area contributed by atoms with E-state index >= 15 is 0 Å². The van der Waals surface area contributed by atoms with E-state index in [-0.39, 0.29) is 11.8 Å². The number of alkyl halides is 3. The first-order chi connectivity index (χ1) is 7.20. The lowest BCUT2D eigenvalue weighted by atomic mass is 9.90. The van der Waals surface area contributed by atoms with E-state index in [9.17, 15) is 13.2 Å². The summed E-state index contributed by atoms with van der Waals surface area (Å²) in [6, 6.07) is -1.19. The largest absolute Gasteiger partial charge is 0.404 e. The van der Waals surface area contributed by atoms with Crippen LogP contribution in [0.2, 0.25) is 0 Å². The average molecular weight is 237 g/mol. The summed E-state index contributed by atoms with van der Waals surface area (Å²) in [5.41, 5.74) is 0.216. The van der Waals surface area contributed by atoms with Crippen LogP contribution in [-0.2, 0) is 0 Å². The molecule has 1 heterocycles. The molecule has 0 aliphatic carbocycles. The standard InChI is InChI=1S/C12H22F3N/c1-11(2,3)7-5-9-16-8-4-6-10(16)12(13,14)15/h10H,4-9H2,1-3H3. The lowest BCUT2D eigenvalue weighted by Crippen LogP contribution is -2.41. The Morgan fingerprint density at radius 1 is 1.19 bits per heavy atom. The summed E-state index contributed by atoms with van der Waals surface area (Å²) < 4.78 is 37.9. The highest BCUT2D eigenvalue weighted by molar-refractivity contribution is 4.84. The van der Waals surface area contributed by atoms with Gasteiger partial charge in [0.05, 0.1) is 0 Å². The van der Waals surface area contributed by atoms with Crippen LogP contribution in [0.15, 0.2) is 0 Å². The topological polar surface area (TPSA) is 3.24 Å². The quantitative estimate of drug-likeness (QED) is 0.721. The van der Waals surface area contributed by atoms with Gasteiger partial charge in [0.2, 0.25) is 0 Å². The van der Waals surface area contributed by atoms with Crippen molar-refractivity contribution in [1.29, 1.82) is 0 Å². The number of nitrogens with zero attached hydrogens (tertiary/aromatic N) is 1. The Bertz CT molecular complexity index is 217. The van der Waals surface area contributed by atoms with E-state index in [1.807, 2.05) is 0 Å². The highest BCUT2D eigenvalue weighted by atomic mass is 19.4. The van der Waals surface area contributed by atoms with Gasteiger partial charge in [-0.1, -0.05) is 20.8 Å². The minimum Gasteiger partial charge on any atom is -0.292 e. The van der Waals surface area contributed by atoms with Crippen molar-refractivity contribution in [1.82, 2.24) is 4.90 Å². The SMILES string of the molecule is CC(C)(C)CCCN1CCCC1C(F)(F)F. The molecule has 0 radical (unpaired) electrons. The molecule has 1 fully saturated rings. The minimum absolute atomic E-state index is 0.216. The van der Waals surface area contributed by atoms with Crippen molar-refractivity contribution in [3.63, 3.8) is 0 Å². The van der Waals surface area contributed by atoms with Crippen molar-refractivity contribution in [2.24, 2.45) is 5.41 Å². The molecule has 0 aromatic carbocycles. The van der Waals surface area contributed by atoms with Gasteiger partial charge in [-0.3, -0.25) is 4.90 Å². The van der Waals surface area contributed by atoms with Gasteiger partial charge in [-0.2, -0.15) is 13.2 Å². The molecular formula is C12H22F3N. The predicted octanol–water partition coefficient (Wildman–Crippen LogP) is 3.84. The van der Waals surface area contributed by atoms with Crippen molar-refractivity contribution < 1.29 is 13.2 Å². The second kappa shape index (κ2) is 4.94. The lowest BCUT2D eigenvalue weighted by molar-refractivity contribution is -0.176. The van der Waals surface area contributed by atoms with Gasteiger partial charge in [0.25, 0.3) is 0 Å². The third kappa shape index (κ3) is 4.32. The summed E-state index contributed by atoms with van der Waals surface area (Å²) in [4.78, 5) is 1.60. The maximum atomic E-state index is 12.6. The second-order valence-electron chi connectivity index (χ2n) is 5.90. The summed E-state index contributed by atoms with van der Waals surface area (Å²) in [5, 5.41) is 0. The summed E-state index contributed by atoms with van der Waals surface area (Å²) in [6.45, 7) is 7.56. The Morgan fingerprint density at radius 2 is 1.81 bits per heavy atom. The van der Waals surface area contributed by atoms with E-state index in [0.29, 0.717) is 19.5 Å². The number of halogens is 3. The van der Waals surface area contributed by atoms with Crippen LogP contribution in [0, 0.1) is 5.41 Å². The first-order valence-electron chi connectivity index (χ1n) is 6.01. The van der Waals surface area contributed by atoms with Crippen LogP contribution in [-0.4, -0.2) is 30.2 Å². The molecule has 0 spiro atoms. The zero-order valence-electron chi connectivity index (χ0n) is 10.4. The Hall–Kier alpha value is -0.250. The van der Waals surface area contributed by atoms with Gasteiger partial charge in [-0.05, 0) is 44.2 Å². The summed E-state index contributed by atoms with van der Waals surface area (Å²) >= 11 is 0. The monoisotopic (exact) mass is 237 g/mol. The first kappa shape index (κ1) is 13.8. The van der Waals surface area contributed by atoms with Crippen molar-refractivity contribution in [3.05, 3.63) is 0 Å². The third-order valence-corrected chi connectivity index (χ3v) is 3.11. The highest BCUT2D eigenvalue weighted by Gasteiger charge is 2.45. The van der Waals surface area contributed by atoms with E-state index in [0.717, 1.165) is 12.8 Å². The fourth-order valence-electron chi connectivity index (χ4n) is 2.28. The van der Waals surface area contributed by atoms with Gasteiger partial charge >= 0.3 is 6.18 Å². The van der Waals surface area contributed by atoms with Crippen LogP contribution in [0.1, 0.15) is 46.5 Å². The van der Waals surface area contributed by atoms with Crippen LogP contribution in [0.4, 0.5) is 13.2 Å². The predicted molar refractivity (Wildman–Crippen MR) is 59.3 cm³/mol. The summed E-state index contributed by atoms with van der Waals surface area (Å²) in [6.07, 6.45) is -1.25. The van der Waals surface area contributed by atoms with Crippen LogP contribution >= 0.6 is 0 Å². The van der Waals surface area contributed by atoms with Gasteiger partial charge < -0.3 is 0 Å². The fraction of sp³-hybridized carbons (Fsp3) is 1.00. The van der Waals surface area contributed by atoms with Crippen LogP contribution in [0.25, 0.3) is 0 Å². The van der Waals surface area contributed by atoms with Crippen LogP contribution in [0.3, 0.4) is 0 Å². The molecule has 4 heteroatoms. The van der Waals surface area contributed by atoms with Gasteiger partial charge in [0.1, 0.15) is 6.04 Å². The molecule has 0 bridgehead atoms. The normalized spacial score (nSPS) is 24.0. The molecule has 96 valence electrons. The Labute approximate surface area is 96.0 Å². The molecule has 1 atom stereocenters. The van der Waals surface area contributed by atoms with E-state index < -0.39 is 12.2 Å². The van der Waals surface area contributed by atoms with Gasteiger partial charge in [-0.25, -0.2) is 0 Å². The van der Waals surface area contributed by atoms with Crippen molar-refractivity contribution in [2.75, 3.05) is 13.1 Å². The molecule has 0 N–H and O–H groups in total. The molecular weight excluding hydrogens is 215 g/mol. The first-order valence-corrected chi connectivity index (χ1v) is 6.01. The van der Waals surface area contributed by atoms with Crippen molar-refractivity contribution >= 4 is 0 Å². The Kier molecular flexibility index (Phi) is 4.27. The number of likely N-dealkylation sites (tertiary alicyclic amines) is 1. The molecule has 1 rings (SSSR count). The summed E-state index contributed by atoms with van der Waals surface area (Å²) in [5.74, 6) is 0. The molecule has 1 aliphatic heterocycles. The molecule has 0 aromatic heterocycles. The Balaban J connectivity index is 2.36. The summed E-state index contributed by atoms with van der Waals surface area (Å²) in [7, 11) is 0. The number of hydrogen-bond acceptors (Lipinski definition) is 1. The van der Waals surface area contributed by atoms with E-state index in [1.54, 1.807) is 4.90 Å². The number of hydrogen-bond donors (Lipinski definition) is 0. The molecule has 0 saturated carbocycles. The molecule has 0 aromatic rings. The molecule has 1 nitrogen and oxygen atoms in total. The van der Waals surface area contributed by atoms with Crippen molar-refractivity contribution in [3.8, 4) is 0 Å². The van der Waals surface area contributed by atoms with E-state index in [1.165, 1.54) is 0 Å². The van der Waals surface area contributed by atoms with E-state index in [2.05, 4.69) is 20.8 Å². The number of rotatable bonds is 3. The Morgan fingerprint density at radius 3 is 2.31 bits per heavy atom. The highest BCUT2D eigenvalue weighted by Crippen LogP contribution is 2.33. The average Bonchev–Trinajstić information content (AvgIpc) is 2.48.